The van der Waals surface area contributed by atoms with E-state index in [1.165, 1.54) is 23.1 Å². The molecule has 1 heterocycles. The molecule has 1 N–H and O–H groups in total. The van der Waals surface area contributed by atoms with E-state index in [-0.39, 0.29) is 5.41 Å². The normalized spacial score (nSPS) is 20.8. The van der Waals surface area contributed by atoms with Crippen LogP contribution >= 0.6 is 0 Å². The maximum Gasteiger partial charge on any atom is 0.0620 e. The van der Waals surface area contributed by atoms with Gasteiger partial charge in [-0.25, -0.2) is 5.01 Å². The van der Waals surface area contributed by atoms with Crippen LogP contribution in [-0.4, -0.2) is 24.6 Å². The van der Waals surface area contributed by atoms with Gasteiger partial charge in [0.25, 0.3) is 0 Å². The van der Waals surface area contributed by atoms with Gasteiger partial charge in [0.1, 0.15) is 0 Å². The Morgan fingerprint density at radius 3 is 1.57 bits per heavy atom. The number of rotatable bonds is 5. The maximum absolute atomic E-state index is 3.52. The monoisotopic (exact) mass is 370 g/mol. The van der Waals surface area contributed by atoms with Gasteiger partial charge in [0.05, 0.1) is 5.41 Å². The summed E-state index contributed by atoms with van der Waals surface area (Å²) in [5.41, 5.74) is 7.35. The first kappa shape index (κ1) is 18.9. The molecule has 0 radical (unpaired) electrons. The van der Waals surface area contributed by atoms with E-state index in [9.17, 15) is 0 Å². The molecule has 0 aromatic heterocycles. The molecule has 1 saturated heterocycles. The van der Waals surface area contributed by atoms with Crippen LogP contribution in [-0.2, 0) is 5.41 Å². The molecule has 144 valence electrons. The summed E-state index contributed by atoms with van der Waals surface area (Å²) < 4.78 is 0. The zero-order valence-electron chi connectivity index (χ0n) is 16.9. The summed E-state index contributed by atoms with van der Waals surface area (Å²) in [6, 6.07) is 33.5. The SMILES string of the molecule is CNN1CC[C@@H](C)CC1C(c1ccccc1)(c1ccccc1)c1ccccc1. The van der Waals surface area contributed by atoms with Gasteiger partial charge >= 0.3 is 0 Å². The molecule has 0 amide bonds. The first-order chi connectivity index (χ1) is 13.8. The number of hydrazine groups is 1. The molecule has 0 aliphatic carbocycles. The lowest BCUT2D eigenvalue weighted by molar-refractivity contribution is 0.0445. The van der Waals surface area contributed by atoms with Gasteiger partial charge in [-0.3, -0.25) is 5.43 Å². The van der Waals surface area contributed by atoms with Gasteiger partial charge in [-0.1, -0.05) is 97.9 Å². The first-order valence-corrected chi connectivity index (χ1v) is 10.4. The predicted molar refractivity (Wildman–Crippen MR) is 117 cm³/mol. The quantitative estimate of drug-likeness (QED) is 0.617. The predicted octanol–water partition coefficient (Wildman–Crippen LogP) is 5.26. The fraction of sp³-hybridized carbons (Fsp3) is 0.308. The Hall–Kier alpha value is -2.42. The fourth-order valence-electron chi connectivity index (χ4n) is 5.00. The van der Waals surface area contributed by atoms with Crippen molar-refractivity contribution in [2.45, 2.75) is 31.2 Å². The molecule has 0 saturated carbocycles. The summed E-state index contributed by atoms with van der Waals surface area (Å²) >= 11 is 0. The van der Waals surface area contributed by atoms with Gasteiger partial charge in [-0.2, -0.15) is 0 Å². The van der Waals surface area contributed by atoms with Crippen molar-refractivity contribution in [3.05, 3.63) is 108 Å². The molecule has 1 unspecified atom stereocenters. The van der Waals surface area contributed by atoms with E-state index in [1.807, 2.05) is 0 Å². The molecule has 28 heavy (non-hydrogen) atoms. The Bertz CT molecular complexity index is 764. The number of piperidine rings is 1. The van der Waals surface area contributed by atoms with Crippen molar-refractivity contribution in [3.63, 3.8) is 0 Å². The van der Waals surface area contributed by atoms with E-state index >= 15 is 0 Å². The van der Waals surface area contributed by atoms with Gasteiger partial charge in [-0.15, -0.1) is 0 Å². The lowest BCUT2D eigenvalue weighted by Crippen LogP contribution is -2.59. The Kier molecular flexibility index (Phi) is 5.61. The third-order valence-corrected chi connectivity index (χ3v) is 6.34. The second-order valence-electron chi connectivity index (χ2n) is 7.97. The molecule has 0 spiro atoms. The lowest BCUT2D eigenvalue weighted by atomic mass is 9.62. The van der Waals surface area contributed by atoms with E-state index in [2.05, 4.69) is 115 Å². The average molecular weight is 371 g/mol. The summed E-state index contributed by atoms with van der Waals surface area (Å²) in [6.45, 7) is 3.46. The minimum atomic E-state index is -0.235. The van der Waals surface area contributed by atoms with Gasteiger partial charge in [0, 0.05) is 12.6 Å². The van der Waals surface area contributed by atoms with E-state index in [0.29, 0.717) is 12.0 Å². The molecule has 1 aliphatic rings. The number of hydrogen-bond donors (Lipinski definition) is 1. The molecular formula is C26H30N2. The van der Waals surface area contributed by atoms with Gasteiger partial charge in [-0.05, 0) is 42.5 Å². The highest BCUT2D eigenvalue weighted by atomic mass is 15.5. The highest BCUT2D eigenvalue weighted by Crippen LogP contribution is 2.47. The minimum Gasteiger partial charge on any atom is -0.258 e. The summed E-state index contributed by atoms with van der Waals surface area (Å²) in [6.07, 6.45) is 2.38. The largest absolute Gasteiger partial charge is 0.258 e. The van der Waals surface area contributed by atoms with Crippen LogP contribution in [0.3, 0.4) is 0 Å². The smallest absolute Gasteiger partial charge is 0.0620 e. The van der Waals surface area contributed by atoms with Crippen molar-refractivity contribution >= 4 is 0 Å². The zero-order valence-corrected chi connectivity index (χ0v) is 16.9. The molecule has 0 bridgehead atoms. The van der Waals surface area contributed by atoms with Gasteiger partial charge in [0.2, 0.25) is 0 Å². The number of nitrogens with zero attached hydrogens (tertiary/aromatic N) is 1. The highest BCUT2D eigenvalue weighted by Gasteiger charge is 2.47. The third kappa shape index (κ3) is 3.28. The molecule has 4 rings (SSSR count). The van der Waals surface area contributed by atoms with Crippen molar-refractivity contribution in [2.75, 3.05) is 13.6 Å². The second kappa shape index (κ2) is 8.30. The van der Waals surface area contributed by atoms with Crippen LogP contribution in [0.25, 0.3) is 0 Å². The first-order valence-electron chi connectivity index (χ1n) is 10.4. The highest BCUT2D eigenvalue weighted by molar-refractivity contribution is 5.52. The van der Waals surface area contributed by atoms with Gasteiger partial charge in [0.15, 0.2) is 0 Å². The number of benzene rings is 3. The van der Waals surface area contributed by atoms with Crippen molar-refractivity contribution in [3.8, 4) is 0 Å². The van der Waals surface area contributed by atoms with Crippen LogP contribution in [0, 0.1) is 5.92 Å². The molecule has 1 aliphatic heterocycles. The molecule has 1 fully saturated rings. The van der Waals surface area contributed by atoms with Crippen LogP contribution in [0.1, 0.15) is 36.5 Å². The zero-order chi connectivity index (χ0) is 19.4. The molecule has 2 nitrogen and oxygen atoms in total. The molecular weight excluding hydrogens is 340 g/mol. The van der Waals surface area contributed by atoms with Crippen molar-refractivity contribution in [1.29, 1.82) is 0 Å². The fourth-order valence-corrected chi connectivity index (χ4v) is 5.00. The summed E-state index contributed by atoms with van der Waals surface area (Å²) in [7, 11) is 2.06. The number of hydrogen-bond acceptors (Lipinski definition) is 2. The summed E-state index contributed by atoms with van der Waals surface area (Å²) in [5.74, 6) is 0.699. The summed E-state index contributed by atoms with van der Waals surface area (Å²) in [4.78, 5) is 0. The van der Waals surface area contributed by atoms with Crippen LogP contribution in [0.5, 0.6) is 0 Å². The minimum absolute atomic E-state index is 0.235. The van der Waals surface area contributed by atoms with Crippen molar-refractivity contribution in [1.82, 2.24) is 10.4 Å². The molecule has 2 atom stereocenters. The van der Waals surface area contributed by atoms with Crippen molar-refractivity contribution in [2.24, 2.45) is 5.92 Å². The van der Waals surface area contributed by atoms with E-state index < -0.39 is 0 Å². The third-order valence-electron chi connectivity index (χ3n) is 6.34. The lowest BCUT2D eigenvalue weighted by Gasteiger charge is -2.50. The Morgan fingerprint density at radius 1 is 0.750 bits per heavy atom. The average Bonchev–Trinajstić information content (AvgIpc) is 2.77. The second-order valence-corrected chi connectivity index (χ2v) is 7.97. The maximum atomic E-state index is 3.52. The van der Waals surface area contributed by atoms with Crippen molar-refractivity contribution < 1.29 is 0 Å². The van der Waals surface area contributed by atoms with E-state index in [1.54, 1.807) is 0 Å². The van der Waals surface area contributed by atoms with Crippen LogP contribution in [0.2, 0.25) is 0 Å². The van der Waals surface area contributed by atoms with E-state index in [0.717, 1.165) is 13.0 Å². The Morgan fingerprint density at radius 2 is 1.18 bits per heavy atom. The molecule has 2 heteroatoms. The standard InChI is InChI=1S/C26H30N2/c1-21-18-19-28(27-2)25(20-21)26(22-12-6-3-7-13-22,23-14-8-4-9-15-23)24-16-10-5-11-17-24/h3-17,21,25,27H,18-20H2,1-2H3/t21-,25?/m1/s1. The van der Waals surface area contributed by atoms with Crippen LogP contribution in [0.15, 0.2) is 91.0 Å². The summed E-state index contributed by atoms with van der Waals surface area (Å²) in [5, 5.41) is 2.47. The Balaban J connectivity index is 2.04. The Labute approximate surface area is 169 Å². The molecule has 3 aromatic carbocycles. The number of nitrogens with one attached hydrogen (secondary N) is 1. The van der Waals surface area contributed by atoms with E-state index in [4.69, 9.17) is 0 Å². The molecule has 3 aromatic rings. The van der Waals surface area contributed by atoms with Crippen LogP contribution < -0.4 is 5.43 Å². The topological polar surface area (TPSA) is 15.3 Å². The van der Waals surface area contributed by atoms with Gasteiger partial charge < -0.3 is 0 Å². The van der Waals surface area contributed by atoms with Crippen LogP contribution in [0.4, 0.5) is 0 Å².